The van der Waals surface area contributed by atoms with E-state index in [4.69, 9.17) is 28.9 Å². The van der Waals surface area contributed by atoms with Crippen molar-refractivity contribution in [2.24, 2.45) is 0 Å². The van der Waals surface area contributed by atoms with Gasteiger partial charge >= 0.3 is 0 Å². The first-order chi connectivity index (χ1) is 8.60. The van der Waals surface area contributed by atoms with Crippen LogP contribution < -0.4 is 5.73 Å². The van der Waals surface area contributed by atoms with E-state index in [0.29, 0.717) is 27.3 Å². The third-order valence-corrected chi connectivity index (χ3v) is 3.04. The fourth-order valence-electron chi connectivity index (χ4n) is 1.69. The second kappa shape index (κ2) is 5.55. The van der Waals surface area contributed by atoms with Gasteiger partial charge in [-0.2, -0.15) is 0 Å². The number of nitrogen functional groups attached to an aromatic ring is 1. The van der Waals surface area contributed by atoms with Gasteiger partial charge in [-0.1, -0.05) is 36.5 Å². The van der Waals surface area contributed by atoms with Crippen molar-refractivity contribution in [3.63, 3.8) is 0 Å². The van der Waals surface area contributed by atoms with E-state index in [1.807, 2.05) is 0 Å². The van der Waals surface area contributed by atoms with Gasteiger partial charge in [-0.3, -0.25) is 0 Å². The first kappa shape index (κ1) is 13.1. The van der Waals surface area contributed by atoms with Gasteiger partial charge in [-0.15, -0.1) is 0 Å². The van der Waals surface area contributed by atoms with Crippen molar-refractivity contribution in [1.82, 2.24) is 9.97 Å². The third-order valence-electron chi connectivity index (χ3n) is 2.47. The van der Waals surface area contributed by atoms with E-state index in [0.717, 1.165) is 18.5 Å². The lowest BCUT2D eigenvalue weighted by Gasteiger charge is -2.07. The fraction of sp³-hybridized carbons (Fsp3) is 0.231. The lowest BCUT2D eigenvalue weighted by molar-refractivity contribution is 0.877. The number of aromatic nitrogens is 2. The van der Waals surface area contributed by atoms with Gasteiger partial charge in [0.15, 0.2) is 5.82 Å². The normalized spacial score (nSPS) is 10.6. The lowest BCUT2D eigenvalue weighted by Crippen LogP contribution is -2.00. The van der Waals surface area contributed by atoms with Crippen molar-refractivity contribution >= 4 is 29.0 Å². The van der Waals surface area contributed by atoms with E-state index in [9.17, 15) is 0 Å². The number of nitrogens with two attached hydrogens (primary N) is 1. The molecule has 0 unspecified atom stereocenters. The maximum atomic E-state index is 6.13. The van der Waals surface area contributed by atoms with E-state index >= 15 is 0 Å². The predicted octanol–water partition coefficient (Wildman–Crippen LogP) is 3.99. The molecule has 3 nitrogen and oxygen atoms in total. The summed E-state index contributed by atoms with van der Waals surface area (Å²) >= 11 is 12.1. The molecular weight excluding hydrogens is 269 g/mol. The Morgan fingerprint density at radius 2 is 1.94 bits per heavy atom. The summed E-state index contributed by atoms with van der Waals surface area (Å²) < 4.78 is 0. The number of benzene rings is 1. The third kappa shape index (κ3) is 2.92. The van der Waals surface area contributed by atoms with Crippen molar-refractivity contribution in [2.75, 3.05) is 5.73 Å². The van der Waals surface area contributed by atoms with Crippen LogP contribution >= 0.6 is 23.2 Å². The molecule has 2 rings (SSSR count). The summed E-state index contributed by atoms with van der Waals surface area (Å²) in [6, 6.07) is 6.98. The minimum absolute atomic E-state index is 0.444. The van der Waals surface area contributed by atoms with Gasteiger partial charge in [0.2, 0.25) is 0 Å². The molecule has 94 valence electrons. The highest BCUT2D eigenvalue weighted by Crippen LogP contribution is 2.28. The molecule has 1 aromatic heterocycles. The number of halogens is 2. The fourth-order valence-corrected chi connectivity index (χ4v) is 2.07. The molecule has 0 spiro atoms. The van der Waals surface area contributed by atoms with Crippen LogP contribution in [0.25, 0.3) is 11.4 Å². The number of anilines is 1. The molecule has 18 heavy (non-hydrogen) atoms. The van der Waals surface area contributed by atoms with Gasteiger partial charge in [-0.05, 0) is 24.6 Å². The average molecular weight is 282 g/mol. The van der Waals surface area contributed by atoms with Crippen LogP contribution in [0.4, 0.5) is 5.82 Å². The Labute approximate surface area is 116 Å². The number of rotatable bonds is 3. The van der Waals surface area contributed by atoms with Crippen LogP contribution in [0.1, 0.15) is 19.0 Å². The first-order valence-corrected chi connectivity index (χ1v) is 6.44. The summed E-state index contributed by atoms with van der Waals surface area (Å²) in [6.07, 6.45) is 1.86. The maximum Gasteiger partial charge on any atom is 0.163 e. The van der Waals surface area contributed by atoms with E-state index in [-0.39, 0.29) is 0 Å². The Kier molecular flexibility index (Phi) is 4.04. The summed E-state index contributed by atoms with van der Waals surface area (Å²) in [5, 5.41) is 1.16. The van der Waals surface area contributed by atoms with Gasteiger partial charge in [0, 0.05) is 22.3 Å². The van der Waals surface area contributed by atoms with Crippen molar-refractivity contribution in [3.05, 3.63) is 40.0 Å². The summed E-state index contributed by atoms with van der Waals surface area (Å²) in [5.74, 6) is 0.963. The molecular formula is C13H13Cl2N3. The first-order valence-electron chi connectivity index (χ1n) is 5.69. The Balaban J connectivity index is 2.52. The van der Waals surface area contributed by atoms with Gasteiger partial charge in [0.1, 0.15) is 5.82 Å². The second-order valence-electron chi connectivity index (χ2n) is 3.98. The van der Waals surface area contributed by atoms with Crippen LogP contribution in [0.5, 0.6) is 0 Å². The van der Waals surface area contributed by atoms with Crippen LogP contribution in [0.15, 0.2) is 24.3 Å². The summed E-state index contributed by atoms with van der Waals surface area (Å²) in [4.78, 5) is 8.67. The molecule has 2 N–H and O–H groups in total. The van der Waals surface area contributed by atoms with Crippen molar-refractivity contribution in [2.45, 2.75) is 19.8 Å². The summed E-state index contributed by atoms with van der Waals surface area (Å²) in [5.41, 5.74) is 7.40. The molecule has 0 aliphatic rings. The number of nitrogens with zero attached hydrogens (tertiary/aromatic N) is 2. The standard InChI is InChI=1S/C13H13Cl2N3/c1-2-3-9-7-12(16)18-13(17-9)10-6-8(14)4-5-11(10)15/h4-7H,2-3H2,1H3,(H2,16,17,18). The molecule has 0 aliphatic carbocycles. The predicted molar refractivity (Wildman–Crippen MR) is 75.9 cm³/mol. The molecule has 5 heteroatoms. The Morgan fingerprint density at radius 1 is 1.17 bits per heavy atom. The monoisotopic (exact) mass is 281 g/mol. The molecule has 0 saturated carbocycles. The molecule has 1 heterocycles. The molecule has 0 amide bonds. The molecule has 0 saturated heterocycles. The minimum Gasteiger partial charge on any atom is -0.384 e. The highest BCUT2D eigenvalue weighted by Gasteiger charge is 2.09. The Hall–Kier alpha value is -1.32. The molecule has 0 radical (unpaired) electrons. The molecule has 1 aromatic carbocycles. The Bertz CT molecular complexity index is 570. The van der Waals surface area contributed by atoms with Gasteiger partial charge < -0.3 is 5.73 Å². The highest BCUT2D eigenvalue weighted by molar-refractivity contribution is 6.35. The number of aryl methyl sites for hydroxylation is 1. The minimum atomic E-state index is 0.444. The van der Waals surface area contributed by atoms with E-state index < -0.39 is 0 Å². The molecule has 0 atom stereocenters. The zero-order chi connectivity index (χ0) is 13.1. The van der Waals surface area contributed by atoms with Crippen LogP contribution in [0, 0.1) is 0 Å². The number of hydrogen-bond donors (Lipinski definition) is 1. The Morgan fingerprint density at radius 3 is 2.67 bits per heavy atom. The highest BCUT2D eigenvalue weighted by atomic mass is 35.5. The largest absolute Gasteiger partial charge is 0.384 e. The van der Waals surface area contributed by atoms with E-state index in [2.05, 4.69) is 16.9 Å². The SMILES string of the molecule is CCCc1cc(N)nc(-c2cc(Cl)ccc2Cl)n1. The molecule has 0 bridgehead atoms. The lowest BCUT2D eigenvalue weighted by atomic mass is 10.2. The van der Waals surface area contributed by atoms with E-state index in [1.165, 1.54) is 0 Å². The number of hydrogen-bond acceptors (Lipinski definition) is 3. The van der Waals surface area contributed by atoms with Crippen molar-refractivity contribution in [3.8, 4) is 11.4 Å². The zero-order valence-electron chi connectivity index (χ0n) is 9.95. The topological polar surface area (TPSA) is 51.8 Å². The van der Waals surface area contributed by atoms with Crippen LogP contribution in [0.3, 0.4) is 0 Å². The maximum absolute atomic E-state index is 6.13. The van der Waals surface area contributed by atoms with Gasteiger partial charge in [-0.25, -0.2) is 9.97 Å². The summed E-state index contributed by atoms with van der Waals surface area (Å²) in [7, 11) is 0. The summed E-state index contributed by atoms with van der Waals surface area (Å²) in [6.45, 7) is 2.09. The molecule has 2 aromatic rings. The molecule has 0 fully saturated rings. The molecule has 0 aliphatic heterocycles. The second-order valence-corrected chi connectivity index (χ2v) is 4.83. The van der Waals surface area contributed by atoms with Crippen LogP contribution in [-0.2, 0) is 6.42 Å². The quantitative estimate of drug-likeness (QED) is 0.926. The van der Waals surface area contributed by atoms with Crippen molar-refractivity contribution in [1.29, 1.82) is 0 Å². The smallest absolute Gasteiger partial charge is 0.163 e. The van der Waals surface area contributed by atoms with E-state index in [1.54, 1.807) is 24.3 Å². The van der Waals surface area contributed by atoms with Crippen LogP contribution in [-0.4, -0.2) is 9.97 Å². The zero-order valence-corrected chi connectivity index (χ0v) is 11.5. The average Bonchev–Trinajstić information content (AvgIpc) is 2.32. The van der Waals surface area contributed by atoms with Crippen LogP contribution in [0.2, 0.25) is 10.0 Å². The van der Waals surface area contributed by atoms with Gasteiger partial charge in [0.05, 0.1) is 5.02 Å². The van der Waals surface area contributed by atoms with Crippen molar-refractivity contribution < 1.29 is 0 Å². The van der Waals surface area contributed by atoms with Gasteiger partial charge in [0.25, 0.3) is 0 Å².